The number of allylic oxidation sites excluding steroid dienone is 6. The molecule has 0 spiro atoms. The van der Waals surface area contributed by atoms with Gasteiger partial charge in [-0.25, -0.2) is 8.42 Å². The molecule has 0 aliphatic carbocycles. The Kier molecular flexibility index (Phi) is 7.53. The lowest BCUT2D eigenvalue weighted by Crippen LogP contribution is -2.34. The summed E-state index contributed by atoms with van der Waals surface area (Å²) >= 11 is 0. The predicted molar refractivity (Wildman–Crippen MR) is 94.1 cm³/mol. The van der Waals surface area contributed by atoms with E-state index in [1.807, 2.05) is 26.1 Å². The lowest BCUT2D eigenvalue weighted by atomic mass is 10.1. The van der Waals surface area contributed by atoms with Crippen LogP contribution in [0.15, 0.2) is 34.8 Å². The van der Waals surface area contributed by atoms with Gasteiger partial charge < -0.3 is 4.90 Å². The van der Waals surface area contributed by atoms with Crippen LogP contribution in [0.1, 0.15) is 34.1 Å². The average Bonchev–Trinajstić information content (AvgIpc) is 2.67. The largest absolute Gasteiger partial charge is 0.305 e. The topological polar surface area (TPSA) is 40.6 Å². The van der Waals surface area contributed by atoms with Crippen molar-refractivity contribution in [1.82, 2.24) is 9.21 Å². The van der Waals surface area contributed by atoms with Gasteiger partial charge in [-0.1, -0.05) is 37.6 Å². The summed E-state index contributed by atoms with van der Waals surface area (Å²) < 4.78 is 26.8. The molecule has 1 heterocycles. The Morgan fingerprint density at radius 3 is 2.36 bits per heavy atom. The molecule has 0 unspecified atom stereocenters. The van der Waals surface area contributed by atoms with Crippen LogP contribution in [-0.2, 0) is 10.0 Å². The van der Waals surface area contributed by atoms with Crippen LogP contribution in [0.5, 0.6) is 0 Å². The molecule has 5 heteroatoms. The fourth-order valence-electron chi connectivity index (χ4n) is 2.20. The maximum atomic E-state index is 12.6. The summed E-state index contributed by atoms with van der Waals surface area (Å²) in [4.78, 5) is 2.59. The van der Waals surface area contributed by atoms with Gasteiger partial charge in [0.1, 0.15) is 0 Å². The molecule has 0 atom stereocenters. The van der Waals surface area contributed by atoms with Crippen molar-refractivity contribution in [2.75, 3.05) is 33.2 Å². The minimum Gasteiger partial charge on any atom is -0.305 e. The molecule has 0 radical (unpaired) electrons. The van der Waals surface area contributed by atoms with Gasteiger partial charge in [-0.2, -0.15) is 4.31 Å². The van der Waals surface area contributed by atoms with Crippen LogP contribution >= 0.6 is 0 Å². The van der Waals surface area contributed by atoms with Crippen molar-refractivity contribution in [3.8, 4) is 0 Å². The van der Waals surface area contributed by atoms with Gasteiger partial charge >= 0.3 is 0 Å². The SMILES string of the molecule is CC(=C/C=C(\C)S(=O)(=O)N1CCCN(C)CC1)/C=C/C(C)C. The van der Waals surface area contributed by atoms with Crippen molar-refractivity contribution >= 4 is 10.0 Å². The highest BCUT2D eigenvalue weighted by atomic mass is 32.2. The van der Waals surface area contributed by atoms with Gasteiger partial charge in [0.05, 0.1) is 4.91 Å². The average molecular weight is 327 g/mol. The molecule has 0 aromatic carbocycles. The molecular formula is C17H30N2O2S. The highest BCUT2D eigenvalue weighted by Gasteiger charge is 2.25. The van der Waals surface area contributed by atoms with Crippen LogP contribution in [0, 0.1) is 5.92 Å². The molecule has 126 valence electrons. The van der Waals surface area contributed by atoms with Gasteiger partial charge in [-0.15, -0.1) is 0 Å². The van der Waals surface area contributed by atoms with Gasteiger partial charge in [0.2, 0.25) is 10.0 Å². The summed E-state index contributed by atoms with van der Waals surface area (Å²) in [5.74, 6) is 0.492. The smallest absolute Gasteiger partial charge is 0.238 e. The van der Waals surface area contributed by atoms with Crippen molar-refractivity contribution < 1.29 is 8.42 Å². The van der Waals surface area contributed by atoms with Crippen LogP contribution < -0.4 is 0 Å². The normalized spacial score (nSPS) is 20.8. The zero-order valence-electron chi connectivity index (χ0n) is 14.5. The molecule has 0 N–H and O–H groups in total. The molecule has 1 fully saturated rings. The lowest BCUT2D eigenvalue weighted by Gasteiger charge is -2.20. The summed E-state index contributed by atoms with van der Waals surface area (Å²) in [6, 6.07) is 0. The molecule has 0 saturated carbocycles. The van der Waals surface area contributed by atoms with Crippen LogP contribution in [0.2, 0.25) is 0 Å². The van der Waals surface area contributed by atoms with Gasteiger partial charge in [0.25, 0.3) is 0 Å². The summed E-state index contributed by atoms with van der Waals surface area (Å²) in [5, 5.41) is 0. The fraction of sp³-hybridized carbons (Fsp3) is 0.647. The number of likely N-dealkylation sites (N-methyl/N-ethyl adjacent to an activating group) is 1. The Hall–Kier alpha value is -0.910. The van der Waals surface area contributed by atoms with E-state index in [-0.39, 0.29) is 0 Å². The molecule has 0 bridgehead atoms. The number of sulfonamides is 1. The number of rotatable bonds is 5. The van der Waals surface area contributed by atoms with E-state index in [1.54, 1.807) is 17.3 Å². The number of nitrogens with zero attached hydrogens (tertiary/aromatic N) is 2. The third-order valence-corrected chi connectivity index (χ3v) is 5.75. The summed E-state index contributed by atoms with van der Waals surface area (Å²) in [7, 11) is -1.30. The standard InChI is InChI=1S/C17H30N2O2S/c1-15(2)7-8-16(3)9-10-17(4)22(20,21)19-12-6-11-18(5)13-14-19/h7-10,15H,6,11-14H2,1-5H3/b8-7+,16-9-,17-10+. The third kappa shape index (κ3) is 6.07. The molecular weight excluding hydrogens is 296 g/mol. The van der Waals surface area contributed by atoms with Crippen molar-refractivity contribution in [2.45, 2.75) is 34.1 Å². The molecule has 1 aliphatic heterocycles. The first-order valence-corrected chi connectivity index (χ1v) is 9.39. The second-order valence-corrected chi connectivity index (χ2v) is 8.46. The van der Waals surface area contributed by atoms with Gasteiger partial charge in [-0.05, 0) is 45.9 Å². The van der Waals surface area contributed by atoms with Crippen LogP contribution in [0.25, 0.3) is 0 Å². The Morgan fingerprint density at radius 1 is 1.05 bits per heavy atom. The summed E-state index contributed by atoms with van der Waals surface area (Å²) in [5.41, 5.74) is 1.05. The first kappa shape index (κ1) is 19.1. The highest BCUT2D eigenvalue weighted by molar-refractivity contribution is 7.93. The summed E-state index contributed by atoms with van der Waals surface area (Å²) in [6.45, 7) is 10.8. The molecule has 0 aromatic rings. The second-order valence-electron chi connectivity index (χ2n) is 6.35. The van der Waals surface area contributed by atoms with Crippen molar-refractivity contribution in [1.29, 1.82) is 0 Å². The van der Waals surface area contributed by atoms with Gasteiger partial charge in [-0.3, -0.25) is 0 Å². The van der Waals surface area contributed by atoms with Crippen molar-refractivity contribution in [3.05, 3.63) is 34.8 Å². The summed E-state index contributed by atoms with van der Waals surface area (Å²) in [6.07, 6.45) is 8.60. The highest BCUT2D eigenvalue weighted by Crippen LogP contribution is 2.16. The first-order valence-electron chi connectivity index (χ1n) is 7.95. The third-order valence-electron chi connectivity index (χ3n) is 3.75. The molecule has 1 saturated heterocycles. The van der Waals surface area contributed by atoms with E-state index in [9.17, 15) is 8.42 Å². The van der Waals surface area contributed by atoms with E-state index < -0.39 is 10.0 Å². The minimum absolute atomic E-state index is 0.411. The van der Waals surface area contributed by atoms with Gasteiger partial charge in [0, 0.05) is 19.6 Å². The maximum absolute atomic E-state index is 12.6. The quantitative estimate of drug-likeness (QED) is 0.729. The van der Waals surface area contributed by atoms with Crippen molar-refractivity contribution in [3.63, 3.8) is 0 Å². The zero-order chi connectivity index (χ0) is 16.8. The Morgan fingerprint density at radius 2 is 1.73 bits per heavy atom. The molecule has 0 aromatic heterocycles. The van der Waals surface area contributed by atoms with E-state index >= 15 is 0 Å². The van der Waals surface area contributed by atoms with Gasteiger partial charge in [0.15, 0.2) is 0 Å². The zero-order valence-corrected chi connectivity index (χ0v) is 15.4. The lowest BCUT2D eigenvalue weighted by molar-refractivity contribution is 0.347. The van der Waals surface area contributed by atoms with E-state index in [2.05, 4.69) is 24.8 Å². The van der Waals surface area contributed by atoms with E-state index in [4.69, 9.17) is 0 Å². The molecule has 4 nitrogen and oxygen atoms in total. The molecule has 1 aliphatic rings. The van der Waals surface area contributed by atoms with E-state index in [0.29, 0.717) is 23.9 Å². The Labute approximate surface area is 136 Å². The Balaban J connectivity index is 2.83. The Bertz CT molecular complexity index is 545. The monoisotopic (exact) mass is 326 g/mol. The number of hydrogen-bond donors (Lipinski definition) is 0. The van der Waals surface area contributed by atoms with Crippen molar-refractivity contribution in [2.24, 2.45) is 5.92 Å². The second kappa shape index (κ2) is 8.65. The predicted octanol–water partition coefficient (Wildman–Crippen LogP) is 3.02. The van der Waals surface area contributed by atoms with Crippen LogP contribution in [-0.4, -0.2) is 50.8 Å². The van der Waals surface area contributed by atoms with Crippen LogP contribution in [0.3, 0.4) is 0 Å². The number of hydrogen-bond acceptors (Lipinski definition) is 3. The van der Waals surface area contributed by atoms with E-state index in [1.165, 1.54) is 0 Å². The van der Waals surface area contributed by atoms with Crippen LogP contribution in [0.4, 0.5) is 0 Å². The van der Waals surface area contributed by atoms with E-state index in [0.717, 1.165) is 25.1 Å². The minimum atomic E-state index is -3.34. The fourth-order valence-corrected chi connectivity index (χ4v) is 3.54. The molecule has 22 heavy (non-hydrogen) atoms. The molecule has 1 rings (SSSR count). The molecule has 0 amide bonds. The first-order chi connectivity index (χ1) is 10.2. The maximum Gasteiger partial charge on any atom is 0.238 e.